The highest BCUT2D eigenvalue weighted by atomic mass is 16.5. The van der Waals surface area contributed by atoms with Crippen molar-refractivity contribution in [3.05, 3.63) is 35.9 Å². The molecule has 0 aliphatic heterocycles. The van der Waals surface area contributed by atoms with E-state index in [0.717, 1.165) is 18.6 Å². The first-order valence-electron chi connectivity index (χ1n) is 5.42. The third-order valence-electron chi connectivity index (χ3n) is 3.50. The summed E-state index contributed by atoms with van der Waals surface area (Å²) in [5.74, 6) is 1.00. The van der Waals surface area contributed by atoms with Gasteiger partial charge in [0, 0.05) is 5.56 Å². The largest absolute Gasteiger partial charge is 0.496 e. The fraction of sp³-hybridized carbons (Fsp3) is 0.429. The van der Waals surface area contributed by atoms with Crippen LogP contribution in [0.25, 0.3) is 5.57 Å². The Morgan fingerprint density at radius 1 is 1.33 bits per heavy atom. The van der Waals surface area contributed by atoms with E-state index in [1.807, 2.05) is 12.1 Å². The van der Waals surface area contributed by atoms with Crippen LogP contribution < -0.4 is 4.74 Å². The van der Waals surface area contributed by atoms with Gasteiger partial charge in [-0.2, -0.15) is 0 Å². The van der Waals surface area contributed by atoms with Gasteiger partial charge in [0.15, 0.2) is 0 Å². The van der Waals surface area contributed by atoms with E-state index in [1.165, 1.54) is 16.7 Å². The van der Waals surface area contributed by atoms with Crippen molar-refractivity contribution in [3.63, 3.8) is 0 Å². The summed E-state index contributed by atoms with van der Waals surface area (Å²) in [7, 11) is 1.73. The monoisotopic (exact) mass is 202 g/mol. The maximum Gasteiger partial charge on any atom is 0.122 e. The SMILES string of the molecule is C=C1c2cccc(OC)c2CCC1(C)C. The minimum Gasteiger partial charge on any atom is -0.496 e. The molecular formula is C14H18O. The summed E-state index contributed by atoms with van der Waals surface area (Å²) in [4.78, 5) is 0. The molecule has 0 aromatic heterocycles. The minimum absolute atomic E-state index is 0.222. The second-order valence-corrected chi connectivity index (χ2v) is 4.85. The number of methoxy groups -OCH3 is 1. The average molecular weight is 202 g/mol. The molecule has 0 fully saturated rings. The summed E-state index contributed by atoms with van der Waals surface area (Å²) >= 11 is 0. The van der Waals surface area contributed by atoms with Gasteiger partial charge in [-0.15, -0.1) is 0 Å². The Balaban J connectivity index is 2.55. The Morgan fingerprint density at radius 2 is 2.07 bits per heavy atom. The van der Waals surface area contributed by atoms with Crippen LogP contribution >= 0.6 is 0 Å². The second-order valence-electron chi connectivity index (χ2n) is 4.85. The summed E-state index contributed by atoms with van der Waals surface area (Å²) in [6.45, 7) is 8.75. The van der Waals surface area contributed by atoms with Crippen LogP contribution in [0, 0.1) is 5.41 Å². The quantitative estimate of drug-likeness (QED) is 0.675. The molecule has 1 heteroatoms. The molecule has 15 heavy (non-hydrogen) atoms. The summed E-state index contributed by atoms with van der Waals surface area (Å²) in [5.41, 5.74) is 4.07. The van der Waals surface area contributed by atoms with E-state index in [0.29, 0.717) is 0 Å². The standard InChI is InChI=1S/C14H18O/c1-10-11-6-5-7-13(15-4)12(11)8-9-14(10,2)3/h5-7H,1,8-9H2,2-4H3. The predicted octanol–water partition coefficient (Wildman–Crippen LogP) is 3.68. The van der Waals surface area contributed by atoms with Crippen LogP contribution in [0.15, 0.2) is 24.8 Å². The molecule has 1 aromatic carbocycles. The van der Waals surface area contributed by atoms with Crippen molar-refractivity contribution in [1.29, 1.82) is 0 Å². The molecule has 0 unspecified atom stereocenters. The average Bonchev–Trinajstić information content (AvgIpc) is 2.23. The number of rotatable bonds is 1. The van der Waals surface area contributed by atoms with E-state index in [-0.39, 0.29) is 5.41 Å². The fourth-order valence-electron chi connectivity index (χ4n) is 2.25. The van der Waals surface area contributed by atoms with Crippen molar-refractivity contribution in [2.75, 3.05) is 7.11 Å². The van der Waals surface area contributed by atoms with E-state index in [9.17, 15) is 0 Å². The Hall–Kier alpha value is -1.24. The summed E-state index contributed by atoms with van der Waals surface area (Å²) in [5, 5.41) is 0. The molecule has 1 aliphatic rings. The number of ether oxygens (including phenoxy) is 1. The molecule has 0 N–H and O–H groups in total. The molecule has 0 bridgehead atoms. The molecule has 0 amide bonds. The molecule has 0 saturated carbocycles. The van der Waals surface area contributed by atoms with E-state index in [2.05, 4.69) is 26.5 Å². The van der Waals surface area contributed by atoms with Crippen LogP contribution in [0.2, 0.25) is 0 Å². The lowest BCUT2D eigenvalue weighted by atomic mass is 9.71. The molecule has 0 spiro atoms. The van der Waals surface area contributed by atoms with Crippen LogP contribution in [0.4, 0.5) is 0 Å². The zero-order valence-electron chi connectivity index (χ0n) is 9.76. The van der Waals surface area contributed by atoms with Gasteiger partial charge in [-0.05, 0) is 35.5 Å². The highest BCUT2D eigenvalue weighted by Crippen LogP contribution is 2.45. The van der Waals surface area contributed by atoms with Crippen LogP contribution in [0.3, 0.4) is 0 Å². The van der Waals surface area contributed by atoms with Crippen molar-refractivity contribution in [2.24, 2.45) is 5.41 Å². The van der Waals surface area contributed by atoms with Gasteiger partial charge in [0.05, 0.1) is 7.11 Å². The van der Waals surface area contributed by atoms with Crippen molar-refractivity contribution >= 4 is 5.57 Å². The summed E-state index contributed by atoms with van der Waals surface area (Å²) in [6.07, 6.45) is 2.24. The zero-order valence-corrected chi connectivity index (χ0v) is 9.76. The molecule has 1 aromatic rings. The van der Waals surface area contributed by atoms with E-state index >= 15 is 0 Å². The normalized spacial score (nSPS) is 18.5. The first kappa shape index (κ1) is 10.3. The molecule has 1 aliphatic carbocycles. The molecule has 0 saturated heterocycles. The number of allylic oxidation sites excluding steroid dienone is 1. The van der Waals surface area contributed by atoms with Crippen molar-refractivity contribution in [1.82, 2.24) is 0 Å². The Kier molecular flexibility index (Phi) is 2.34. The van der Waals surface area contributed by atoms with Crippen LogP contribution in [-0.2, 0) is 6.42 Å². The number of hydrogen-bond acceptors (Lipinski definition) is 1. The van der Waals surface area contributed by atoms with Crippen molar-refractivity contribution in [3.8, 4) is 5.75 Å². The van der Waals surface area contributed by atoms with Gasteiger partial charge in [0.25, 0.3) is 0 Å². The van der Waals surface area contributed by atoms with Gasteiger partial charge in [0.1, 0.15) is 5.75 Å². The first-order chi connectivity index (χ1) is 7.06. The predicted molar refractivity (Wildman–Crippen MR) is 64.1 cm³/mol. The summed E-state index contributed by atoms with van der Waals surface area (Å²) < 4.78 is 5.39. The first-order valence-corrected chi connectivity index (χ1v) is 5.42. The smallest absolute Gasteiger partial charge is 0.122 e. The number of fused-ring (bicyclic) bond motifs is 1. The topological polar surface area (TPSA) is 9.23 Å². The lowest BCUT2D eigenvalue weighted by molar-refractivity contribution is 0.395. The van der Waals surface area contributed by atoms with Crippen LogP contribution in [0.5, 0.6) is 5.75 Å². The van der Waals surface area contributed by atoms with Gasteiger partial charge < -0.3 is 4.74 Å². The molecule has 0 radical (unpaired) electrons. The van der Waals surface area contributed by atoms with Crippen LogP contribution in [0.1, 0.15) is 31.4 Å². The maximum atomic E-state index is 5.39. The molecular weight excluding hydrogens is 184 g/mol. The maximum absolute atomic E-state index is 5.39. The highest BCUT2D eigenvalue weighted by Gasteiger charge is 2.30. The van der Waals surface area contributed by atoms with Gasteiger partial charge in [-0.25, -0.2) is 0 Å². The number of hydrogen-bond donors (Lipinski definition) is 0. The van der Waals surface area contributed by atoms with Crippen molar-refractivity contribution < 1.29 is 4.74 Å². The lowest BCUT2D eigenvalue weighted by Crippen LogP contribution is -2.20. The fourth-order valence-corrected chi connectivity index (χ4v) is 2.25. The molecule has 0 heterocycles. The molecule has 2 rings (SSSR count). The lowest BCUT2D eigenvalue weighted by Gasteiger charge is -2.34. The summed E-state index contributed by atoms with van der Waals surface area (Å²) in [6, 6.07) is 6.23. The van der Waals surface area contributed by atoms with Gasteiger partial charge in [0.2, 0.25) is 0 Å². The van der Waals surface area contributed by atoms with E-state index < -0.39 is 0 Å². The Bertz CT molecular complexity index is 402. The number of benzene rings is 1. The Morgan fingerprint density at radius 3 is 2.73 bits per heavy atom. The minimum atomic E-state index is 0.222. The van der Waals surface area contributed by atoms with Gasteiger partial charge in [-0.3, -0.25) is 0 Å². The van der Waals surface area contributed by atoms with E-state index in [4.69, 9.17) is 4.74 Å². The second kappa shape index (κ2) is 3.41. The van der Waals surface area contributed by atoms with Crippen LogP contribution in [-0.4, -0.2) is 7.11 Å². The van der Waals surface area contributed by atoms with Crippen molar-refractivity contribution in [2.45, 2.75) is 26.7 Å². The van der Waals surface area contributed by atoms with Gasteiger partial charge >= 0.3 is 0 Å². The molecule has 0 atom stereocenters. The third kappa shape index (κ3) is 1.56. The van der Waals surface area contributed by atoms with E-state index in [1.54, 1.807) is 7.11 Å². The highest BCUT2D eigenvalue weighted by molar-refractivity contribution is 5.74. The molecule has 1 nitrogen and oxygen atoms in total. The zero-order chi connectivity index (χ0) is 11.1. The van der Waals surface area contributed by atoms with Gasteiger partial charge in [-0.1, -0.05) is 32.6 Å². The third-order valence-corrected chi connectivity index (χ3v) is 3.50. The Labute approximate surface area is 91.8 Å². The molecule has 80 valence electrons.